The van der Waals surface area contributed by atoms with Crippen molar-refractivity contribution in [1.29, 1.82) is 0 Å². The third-order valence-electron chi connectivity index (χ3n) is 9.46. The zero-order valence-corrected chi connectivity index (χ0v) is 21.3. The van der Waals surface area contributed by atoms with E-state index >= 15 is 4.39 Å². The van der Waals surface area contributed by atoms with Gasteiger partial charge in [-0.3, -0.25) is 19.8 Å². The quantitative estimate of drug-likeness (QED) is 0.266. The first-order chi connectivity index (χ1) is 17.9. The monoisotopic (exact) mass is 525 g/mol. The second kappa shape index (κ2) is 10.6. The number of hydrazine groups is 1. The minimum atomic E-state index is -1.14. The van der Waals surface area contributed by atoms with Crippen molar-refractivity contribution in [3.05, 3.63) is 0 Å². The molecule has 0 aromatic heterocycles. The van der Waals surface area contributed by atoms with E-state index in [9.17, 15) is 14.0 Å². The van der Waals surface area contributed by atoms with Crippen molar-refractivity contribution in [3.8, 4) is 0 Å². The predicted molar refractivity (Wildman–Crippen MR) is 132 cm³/mol. The molecular weight excluding hydrogens is 484 g/mol. The number of nitrogens with zero attached hydrogens (tertiary/aromatic N) is 4. The molecule has 2 bridgehead atoms. The molecule has 7 heterocycles. The zero-order chi connectivity index (χ0) is 25.7. The second-order valence-electron chi connectivity index (χ2n) is 11.7. The molecule has 37 heavy (non-hydrogen) atoms. The van der Waals surface area contributed by atoms with Gasteiger partial charge in [0.1, 0.15) is 12.3 Å². The fourth-order valence-electron chi connectivity index (χ4n) is 7.47. The van der Waals surface area contributed by atoms with E-state index in [1.165, 1.54) is 0 Å². The van der Waals surface area contributed by atoms with Crippen LogP contribution in [0, 0.1) is 17.8 Å². The maximum absolute atomic E-state index is 15.3. The summed E-state index contributed by atoms with van der Waals surface area (Å²) < 4.78 is 29.1. The lowest BCUT2D eigenvalue weighted by molar-refractivity contribution is -0.144. The Hall–Kier alpha value is -1.48. The van der Waals surface area contributed by atoms with Gasteiger partial charge in [-0.2, -0.15) is 0 Å². The molecule has 0 spiro atoms. The normalized spacial score (nSPS) is 45.0. The summed E-state index contributed by atoms with van der Waals surface area (Å²) in [5.41, 5.74) is 9.20. The summed E-state index contributed by atoms with van der Waals surface area (Å²) >= 11 is 0. The number of halogens is 2. The van der Waals surface area contributed by atoms with Crippen LogP contribution < -0.4 is 27.1 Å². The van der Waals surface area contributed by atoms with Gasteiger partial charge in [0.05, 0.1) is 36.3 Å². The Morgan fingerprint density at radius 1 is 0.946 bits per heavy atom. The van der Waals surface area contributed by atoms with Crippen LogP contribution in [-0.2, 0) is 9.59 Å². The molecule has 8 atom stereocenters. The Balaban J connectivity index is 1.07. The van der Waals surface area contributed by atoms with E-state index in [1.807, 2.05) is 4.90 Å². The topological polar surface area (TPSA) is 121 Å². The van der Waals surface area contributed by atoms with Crippen LogP contribution in [0.4, 0.5) is 8.78 Å². The van der Waals surface area contributed by atoms with Gasteiger partial charge < -0.3 is 26.2 Å². The van der Waals surface area contributed by atoms with Crippen LogP contribution in [0.5, 0.6) is 0 Å². The highest BCUT2D eigenvalue weighted by Crippen LogP contribution is 2.34. The summed E-state index contributed by atoms with van der Waals surface area (Å²) in [6.07, 6.45) is -1.01. The van der Waals surface area contributed by atoms with Crippen molar-refractivity contribution in [3.63, 3.8) is 0 Å². The molecule has 0 radical (unpaired) electrons. The number of piperazine rings is 1. The lowest BCUT2D eigenvalue weighted by atomic mass is 9.78. The third-order valence-corrected chi connectivity index (χ3v) is 9.46. The van der Waals surface area contributed by atoms with E-state index in [2.05, 4.69) is 31.2 Å². The van der Waals surface area contributed by atoms with Gasteiger partial charge in [-0.15, -0.1) is 0 Å². The minimum Gasteiger partial charge on any atom is -0.350 e. The number of fused-ring (bicyclic) bond motifs is 4. The van der Waals surface area contributed by atoms with E-state index in [-0.39, 0.29) is 37.4 Å². The maximum atomic E-state index is 15.3. The number of rotatable bonds is 4. The van der Waals surface area contributed by atoms with Crippen LogP contribution in [0.1, 0.15) is 12.8 Å². The van der Waals surface area contributed by atoms with Crippen molar-refractivity contribution in [1.82, 2.24) is 41.1 Å². The number of carbonyl (C=O) groups excluding carboxylic acids is 2. The van der Waals surface area contributed by atoms with Gasteiger partial charge in [-0.25, -0.2) is 19.2 Å². The fraction of sp³-hybridized carbons (Fsp3) is 0.917. The highest BCUT2D eigenvalue weighted by atomic mass is 19.1. The molecule has 11 nitrogen and oxygen atoms in total. The number of piperidine rings is 4. The standard InChI is InChI=1S/C24H41F2N9O2/c25-15-9-29-22-19(21(27)31-35(22)12-15)23(36)30-18-11-28-10-17(26)20(18)33-5-7-34(8-6-33)24(37)16-13-32-3-1-14(16)2-4-32/h14-22,28-29,31H,1-13,27H2,(H,30,36). The van der Waals surface area contributed by atoms with Crippen LogP contribution >= 0.6 is 0 Å². The Kier molecular flexibility index (Phi) is 7.38. The van der Waals surface area contributed by atoms with E-state index in [0.717, 1.165) is 32.5 Å². The van der Waals surface area contributed by atoms with Crippen molar-refractivity contribution in [2.75, 3.05) is 72.0 Å². The summed E-state index contributed by atoms with van der Waals surface area (Å²) in [5, 5.41) is 10.9. The Bertz CT molecular complexity index is 854. The molecule has 0 aliphatic carbocycles. The number of hydrogen-bond donors (Lipinski definition) is 5. The summed E-state index contributed by atoms with van der Waals surface area (Å²) in [7, 11) is 0. The van der Waals surface area contributed by atoms with Crippen LogP contribution in [-0.4, -0.2) is 140 Å². The lowest BCUT2D eigenvalue weighted by Crippen LogP contribution is -2.68. The van der Waals surface area contributed by atoms with Crippen molar-refractivity contribution in [2.45, 2.75) is 49.6 Å². The first-order valence-electron chi connectivity index (χ1n) is 13.9. The average molecular weight is 526 g/mol. The Labute approximate surface area is 216 Å². The Morgan fingerprint density at radius 2 is 1.70 bits per heavy atom. The van der Waals surface area contributed by atoms with E-state index in [1.54, 1.807) is 5.01 Å². The number of amides is 2. The SMILES string of the molecule is NC1NN2CC(F)CNC2C1C(=O)NC1CNCC(F)C1N1CCN(C(=O)C2CN3CCC2CC3)CC1. The van der Waals surface area contributed by atoms with Crippen LogP contribution in [0.2, 0.25) is 0 Å². The van der Waals surface area contributed by atoms with Gasteiger partial charge >= 0.3 is 0 Å². The molecule has 208 valence electrons. The number of nitrogens with one attached hydrogen (secondary N) is 4. The summed E-state index contributed by atoms with van der Waals surface area (Å²) in [4.78, 5) is 33.1. The zero-order valence-electron chi connectivity index (χ0n) is 21.3. The highest BCUT2D eigenvalue weighted by Gasteiger charge is 2.49. The molecule has 6 N–H and O–H groups in total. The molecule has 8 unspecified atom stereocenters. The average Bonchev–Trinajstić information content (AvgIpc) is 3.24. The number of hydrogen-bond acceptors (Lipinski definition) is 9. The van der Waals surface area contributed by atoms with Gasteiger partial charge in [0, 0.05) is 58.9 Å². The highest BCUT2D eigenvalue weighted by molar-refractivity contribution is 5.81. The summed E-state index contributed by atoms with van der Waals surface area (Å²) in [6.45, 7) is 6.46. The summed E-state index contributed by atoms with van der Waals surface area (Å²) in [5.74, 6) is -0.0392. The molecular formula is C24H41F2N9O2. The largest absolute Gasteiger partial charge is 0.350 e. The summed E-state index contributed by atoms with van der Waals surface area (Å²) in [6, 6.07) is -0.908. The molecule has 2 amide bonds. The van der Waals surface area contributed by atoms with Crippen LogP contribution in [0.25, 0.3) is 0 Å². The molecule has 0 saturated carbocycles. The second-order valence-corrected chi connectivity index (χ2v) is 11.7. The third kappa shape index (κ3) is 4.99. The van der Waals surface area contributed by atoms with Crippen LogP contribution in [0.3, 0.4) is 0 Å². The minimum absolute atomic E-state index is 0.0961. The number of carbonyl (C=O) groups is 2. The van der Waals surface area contributed by atoms with Crippen molar-refractivity contribution in [2.24, 2.45) is 23.5 Å². The molecule has 7 saturated heterocycles. The lowest BCUT2D eigenvalue weighted by Gasteiger charge is -2.48. The molecule has 7 aliphatic heterocycles. The molecule has 7 aliphatic rings. The molecule has 0 aromatic carbocycles. The van der Waals surface area contributed by atoms with E-state index < -0.39 is 42.7 Å². The maximum Gasteiger partial charge on any atom is 0.229 e. The molecule has 7 fully saturated rings. The van der Waals surface area contributed by atoms with Crippen LogP contribution in [0.15, 0.2) is 0 Å². The first kappa shape index (κ1) is 25.8. The van der Waals surface area contributed by atoms with E-state index in [4.69, 9.17) is 5.73 Å². The van der Waals surface area contributed by atoms with E-state index in [0.29, 0.717) is 38.6 Å². The molecule has 0 aromatic rings. The predicted octanol–water partition coefficient (Wildman–Crippen LogP) is -2.74. The van der Waals surface area contributed by atoms with Gasteiger partial charge in [0.2, 0.25) is 11.8 Å². The Morgan fingerprint density at radius 3 is 2.41 bits per heavy atom. The molecule has 7 rings (SSSR count). The van der Waals surface area contributed by atoms with Gasteiger partial charge in [-0.05, 0) is 31.8 Å². The smallest absolute Gasteiger partial charge is 0.229 e. The van der Waals surface area contributed by atoms with Crippen molar-refractivity contribution >= 4 is 11.8 Å². The number of alkyl halides is 2. The number of nitrogens with two attached hydrogens (primary N) is 1. The fourth-order valence-corrected chi connectivity index (χ4v) is 7.47. The van der Waals surface area contributed by atoms with Crippen molar-refractivity contribution < 1.29 is 18.4 Å². The van der Waals surface area contributed by atoms with Gasteiger partial charge in [-0.1, -0.05) is 0 Å². The molecule has 13 heteroatoms. The first-order valence-corrected chi connectivity index (χ1v) is 13.9. The van der Waals surface area contributed by atoms with Gasteiger partial charge in [0.15, 0.2) is 0 Å². The van der Waals surface area contributed by atoms with Gasteiger partial charge in [0.25, 0.3) is 0 Å².